The third-order valence-electron chi connectivity index (χ3n) is 2.64. The molecule has 1 heterocycles. The molecular weight excluding hydrogens is 230 g/mol. The maximum atomic E-state index is 11.8. The van der Waals surface area contributed by atoms with Gasteiger partial charge in [0.05, 0.1) is 19.3 Å². The van der Waals surface area contributed by atoms with Crippen molar-refractivity contribution in [2.45, 2.75) is 13.8 Å². The number of hydrogen-bond acceptors (Lipinski definition) is 4. The molecule has 0 atom stereocenters. The number of aromatic nitrogens is 1. The number of benzene rings is 1. The summed E-state index contributed by atoms with van der Waals surface area (Å²) in [6, 6.07) is 7.26. The van der Waals surface area contributed by atoms with Crippen LogP contribution in [0.5, 0.6) is 5.75 Å². The fourth-order valence-electron chi connectivity index (χ4n) is 1.90. The van der Waals surface area contributed by atoms with Crippen LogP contribution in [0.4, 0.5) is 0 Å². The van der Waals surface area contributed by atoms with Crippen LogP contribution in [-0.2, 0) is 4.74 Å². The number of aryl methyl sites for hydroxylation is 1. The van der Waals surface area contributed by atoms with Gasteiger partial charge in [0.25, 0.3) is 0 Å². The number of carbonyl (C=O) groups is 1. The van der Waals surface area contributed by atoms with Gasteiger partial charge in [0.1, 0.15) is 11.3 Å². The summed E-state index contributed by atoms with van der Waals surface area (Å²) in [5.74, 6) is 0.322. The van der Waals surface area contributed by atoms with E-state index in [-0.39, 0.29) is 5.97 Å². The van der Waals surface area contributed by atoms with Gasteiger partial charge in [0, 0.05) is 11.1 Å². The van der Waals surface area contributed by atoms with E-state index in [1.54, 1.807) is 6.07 Å². The Morgan fingerprint density at radius 2 is 2.17 bits per heavy atom. The number of esters is 1. The van der Waals surface area contributed by atoms with Crippen molar-refractivity contribution in [3.8, 4) is 5.75 Å². The van der Waals surface area contributed by atoms with Crippen LogP contribution in [0.25, 0.3) is 10.9 Å². The molecule has 0 aliphatic heterocycles. The lowest BCUT2D eigenvalue weighted by atomic mass is 10.1. The molecule has 1 aromatic carbocycles. The van der Waals surface area contributed by atoms with Crippen LogP contribution in [0.2, 0.25) is 0 Å². The first kappa shape index (κ1) is 12.4. The molecule has 0 aliphatic rings. The van der Waals surface area contributed by atoms with E-state index in [1.165, 1.54) is 7.11 Å². The second-order valence-corrected chi connectivity index (χ2v) is 3.89. The molecule has 2 rings (SSSR count). The van der Waals surface area contributed by atoms with Gasteiger partial charge in [-0.05, 0) is 26.0 Å². The van der Waals surface area contributed by atoms with E-state index in [4.69, 9.17) is 9.47 Å². The number of fused-ring (bicyclic) bond motifs is 1. The topological polar surface area (TPSA) is 48.4 Å². The summed E-state index contributed by atoms with van der Waals surface area (Å²) in [4.78, 5) is 16.2. The molecule has 0 N–H and O–H groups in total. The smallest absolute Gasteiger partial charge is 0.338 e. The Bertz CT molecular complexity index is 593. The van der Waals surface area contributed by atoms with Gasteiger partial charge < -0.3 is 9.47 Å². The minimum absolute atomic E-state index is 0.362. The lowest BCUT2D eigenvalue weighted by Gasteiger charge is -2.10. The molecule has 0 unspecified atom stereocenters. The minimum Gasteiger partial charge on any atom is -0.492 e. The monoisotopic (exact) mass is 245 g/mol. The van der Waals surface area contributed by atoms with E-state index in [1.807, 2.05) is 32.0 Å². The Hall–Kier alpha value is -2.10. The summed E-state index contributed by atoms with van der Waals surface area (Å²) < 4.78 is 10.3. The Morgan fingerprint density at radius 1 is 1.39 bits per heavy atom. The van der Waals surface area contributed by atoms with Crippen LogP contribution >= 0.6 is 0 Å². The van der Waals surface area contributed by atoms with Gasteiger partial charge in [-0.2, -0.15) is 0 Å². The predicted octanol–water partition coefficient (Wildman–Crippen LogP) is 2.73. The first-order chi connectivity index (χ1) is 8.67. The lowest BCUT2D eigenvalue weighted by molar-refractivity contribution is 0.0603. The second-order valence-electron chi connectivity index (χ2n) is 3.89. The number of pyridine rings is 1. The Balaban J connectivity index is 2.73. The van der Waals surface area contributed by atoms with Gasteiger partial charge in [-0.15, -0.1) is 0 Å². The molecule has 0 spiro atoms. The molecule has 0 amide bonds. The van der Waals surface area contributed by atoms with Crippen molar-refractivity contribution in [3.05, 3.63) is 35.5 Å². The molecule has 4 nitrogen and oxygen atoms in total. The highest BCUT2D eigenvalue weighted by Gasteiger charge is 2.14. The van der Waals surface area contributed by atoms with Gasteiger partial charge in [-0.25, -0.2) is 9.78 Å². The van der Waals surface area contributed by atoms with E-state index >= 15 is 0 Å². The normalized spacial score (nSPS) is 10.4. The fraction of sp³-hybridized carbons (Fsp3) is 0.286. The van der Waals surface area contributed by atoms with Crippen molar-refractivity contribution in [1.29, 1.82) is 0 Å². The van der Waals surface area contributed by atoms with Crippen molar-refractivity contribution in [2.75, 3.05) is 13.7 Å². The molecule has 18 heavy (non-hydrogen) atoms. The third kappa shape index (κ3) is 2.14. The number of rotatable bonds is 3. The Morgan fingerprint density at radius 3 is 2.83 bits per heavy atom. The van der Waals surface area contributed by atoms with Crippen molar-refractivity contribution < 1.29 is 14.3 Å². The minimum atomic E-state index is -0.362. The van der Waals surface area contributed by atoms with Crippen LogP contribution in [0, 0.1) is 6.92 Å². The highest BCUT2D eigenvalue weighted by Crippen LogP contribution is 2.27. The quantitative estimate of drug-likeness (QED) is 0.780. The molecular formula is C14H15NO3. The summed E-state index contributed by atoms with van der Waals surface area (Å²) in [5, 5.41) is 0.749. The maximum Gasteiger partial charge on any atom is 0.338 e. The van der Waals surface area contributed by atoms with Crippen LogP contribution in [0.15, 0.2) is 24.3 Å². The van der Waals surface area contributed by atoms with Gasteiger partial charge in [-0.1, -0.05) is 12.1 Å². The number of methoxy groups -OCH3 is 1. The summed E-state index contributed by atoms with van der Waals surface area (Å²) >= 11 is 0. The molecule has 0 bridgehead atoms. The molecule has 1 aromatic heterocycles. The van der Waals surface area contributed by atoms with Crippen LogP contribution in [0.1, 0.15) is 23.0 Å². The number of carbonyl (C=O) groups excluding carboxylic acids is 1. The van der Waals surface area contributed by atoms with Gasteiger partial charge in [0.15, 0.2) is 0 Å². The highest BCUT2D eigenvalue weighted by molar-refractivity contribution is 6.04. The lowest BCUT2D eigenvalue weighted by Crippen LogP contribution is -2.04. The van der Waals surface area contributed by atoms with Gasteiger partial charge >= 0.3 is 5.97 Å². The zero-order chi connectivity index (χ0) is 13.1. The molecule has 2 aromatic rings. The standard InChI is InChI=1S/C14H15NO3/c1-4-18-12-7-5-6-10-11(14(16)17-3)8-9(2)15-13(10)12/h5-8H,4H2,1-3H3. The van der Waals surface area contributed by atoms with Crippen molar-refractivity contribution in [3.63, 3.8) is 0 Å². The predicted molar refractivity (Wildman–Crippen MR) is 69.0 cm³/mol. The van der Waals surface area contributed by atoms with E-state index in [9.17, 15) is 4.79 Å². The highest BCUT2D eigenvalue weighted by atomic mass is 16.5. The van der Waals surface area contributed by atoms with Crippen LogP contribution in [-0.4, -0.2) is 24.7 Å². The first-order valence-electron chi connectivity index (χ1n) is 5.78. The Kier molecular flexibility index (Phi) is 3.46. The van der Waals surface area contributed by atoms with E-state index in [2.05, 4.69) is 4.98 Å². The summed E-state index contributed by atoms with van der Waals surface area (Å²) in [5.41, 5.74) is 1.97. The van der Waals surface area contributed by atoms with Crippen molar-refractivity contribution >= 4 is 16.9 Å². The first-order valence-corrected chi connectivity index (χ1v) is 5.78. The average molecular weight is 245 g/mol. The van der Waals surface area contributed by atoms with Gasteiger partial charge in [0.2, 0.25) is 0 Å². The number of ether oxygens (including phenoxy) is 2. The summed E-state index contributed by atoms with van der Waals surface area (Å²) in [7, 11) is 1.37. The SMILES string of the molecule is CCOc1cccc2c(C(=O)OC)cc(C)nc12. The number of hydrogen-bond donors (Lipinski definition) is 0. The molecule has 4 heteroatoms. The molecule has 0 fully saturated rings. The van der Waals surface area contributed by atoms with Crippen LogP contribution < -0.4 is 4.74 Å². The van der Waals surface area contributed by atoms with E-state index in [0.717, 1.165) is 11.1 Å². The number of nitrogens with zero attached hydrogens (tertiary/aromatic N) is 1. The molecule has 94 valence electrons. The summed E-state index contributed by atoms with van der Waals surface area (Å²) in [6.45, 7) is 4.31. The van der Waals surface area contributed by atoms with Gasteiger partial charge in [-0.3, -0.25) is 0 Å². The second kappa shape index (κ2) is 5.04. The molecule has 0 saturated heterocycles. The number of para-hydroxylation sites is 1. The van der Waals surface area contributed by atoms with Crippen molar-refractivity contribution in [1.82, 2.24) is 4.98 Å². The molecule has 0 aliphatic carbocycles. The third-order valence-corrected chi connectivity index (χ3v) is 2.64. The van der Waals surface area contributed by atoms with E-state index < -0.39 is 0 Å². The summed E-state index contributed by atoms with van der Waals surface area (Å²) in [6.07, 6.45) is 0. The fourth-order valence-corrected chi connectivity index (χ4v) is 1.90. The zero-order valence-corrected chi connectivity index (χ0v) is 10.7. The average Bonchev–Trinajstić information content (AvgIpc) is 2.38. The zero-order valence-electron chi connectivity index (χ0n) is 10.7. The molecule has 0 saturated carbocycles. The Labute approximate surface area is 106 Å². The molecule has 0 radical (unpaired) electrons. The maximum absolute atomic E-state index is 11.8. The largest absolute Gasteiger partial charge is 0.492 e. The van der Waals surface area contributed by atoms with Crippen molar-refractivity contribution in [2.24, 2.45) is 0 Å². The van der Waals surface area contributed by atoms with E-state index in [0.29, 0.717) is 23.4 Å². The van der Waals surface area contributed by atoms with Crippen LogP contribution in [0.3, 0.4) is 0 Å².